The van der Waals surface area contributed by atoms with Gasteiger partial charge >= 0.3 is 0 Å². The molecule has 2 fully saturated rings. The molecule has 6 heteroatoms. The van der Waals surface area contributed by atoms with E-state index in [9.17, 15) is 8.42 Å². The van der Waals surface area contributed by atoms with Gasteiger partial charge in [0.1, 0.15) is 0 Å². The number of hydrogen-bond donors (Lipinski definition) is 0. The van der Waals surface area contributed by atoms with Crippen LogP contribution in [0.3, 0.4) is 0 Å². The number of piperazine rings is 1. The number of nitriles is 1. The highest BCUT2D eigenvalue weighted by molar-refractivity contribution is 7.89. The molecule has 0 aromatic heterocycles. The Bertz CT molecular complexity index is 710. The molecule has 136 valence electrons. The fourth-order valence-electron chi connectivity index (χ4n) is 3.91. The van der Waals surface area contributed by atoms with Crippen LogP contribution >= 0.6 is 0 Å². The Morgan fingerprint density at radius 1 is 1.04 bits per heavy atom. The first-order chi connectivity index (χ1) is 12.0. The highest BCUT2D eigenvalue weighted by Gasteiger charge is 2.30. The van der Waals surface area contributed by atoms with Gasteiger partial charge < -0.3 is 0 Å². The summed E-state index contributed by atoms with van der Waals surface area (Å²) in [5.74, 6) is 0.585. The van der Waals surface area contributed by atoms with E-state index in [2.05, 4.69) is 6.07 Å². The molecule has 1 aliphatic carbocycles. The second kappa shape index (κ2) is 7.86. The van der Waals surface area contributed by atoms with Gasteiger partial charge in [0.05, 0.1) is 17.0 Å². The van der Waals surface area contributed by atoms with Crippen LogP contribution in [0.1, 0.15) is 50.5 Å². The minimum Gasteiger partial charge on any atom is -0.286 e. The number of rotatable bonds is 4. The third-order valence-electron chi connectivity index (χ3n) is 5.60. The van der Waals surface area contributed by atoms with E-state index in [0.717, 1.165) is 0 Å². The van der Waals surface area contributed by atoms with Crippen LogP contribution in [-0.2, 0) is 10.0 Å². The first-order valence-corrected chi connectivity index (χ1v) is 10.7. The van der Waals surface area contributed by atoms with E-state index in [1.165, 1.54) is 37.7 Å². The van der Waals surface area contributed by atoms with Crippen molar-refractivity contribution in [3.8, 4) is 6.07 Å². The van der Waals surface area contributed by atoms with Crippen molar-refractivity contribution in [2.75, 3.05) is 26.2 Å². The smallest absolute Gasteiger partial charge is 0.243 e. The molecule has 0 bridgehead atoms. The summed E-state index contributed by atoms with van der Waals surface area (Å²) < 4.78 is 27.3. The Kier molecular flexibility index (Phi) is 5.78. The third kappa shape index (κ3) is 4.05. The maximum absolute atomic E-state index is 12.9. The van der Waals surface area contributed by atoms with Crippen LogP contribution in [0.2, 0.25) is 0 Å². The summed E-state index contributed by atoms with van der Waals surface area (Å²) in [6.07, 6.45) is 6.29. The van der Waals surface area contributed by atoms with Crippen molar-refractivity contribution in [2.45, 2.75) is 55.9 Å². The number of hydrogen-bond acceptors (Lipinski definition) is 4. The molecule has 0 N–H and O–H groups in total. The predicted octanol–water partition coefficient (Wildman–Crippen LogP) is 2.95. The van der Waals surface area contributed by atoms with Crippen LogP contribution in [0.25, 0.3) is 0 Å². The van der Waals surface area contributed by atoms with Crippen molar-refractivity contribution in [2.24, 2.45) is 0 Å². The van der Waals surface area contributed by atoms with Gasteiger partial charge in [-0.3, -0.25) is 4.90 Å². The molecular weight excluding hydrogens is 334 g/mol. The Labute approximate surface area is 151 Å². The lowest BCUT2D eigenvalue weighted by molar-refractivity contribution is 0.169. The monoisotopic (exact) mass is 361 g/mol. The summed E-state index contributed by atoms with van der Waals surface area (Å²) >= 11 is 0. The fourth-order valence-corrected chi connectivity index (χ4v) is 5.33. The SMILES string of the molecule is C[C@H](C#N)N1CCN(S(=O)(=O)c2ccc(C3CCCCC3)cc2)CC1. The number of nitrogens with zero attached hydrogens (tertiary/aromatic N) is 3. The zero-order valence-electron chi connectivity index (χ0n) is 14.9. The number of benzene rings is 1. The van der Waals surface area contributed by atoms with Gasteiger partial charge in [-0.15, -0.1) is 0 Å². The van der Waals surface area contributed by atoms with Gasteiger partial charge in [0.2, 0.25) is 10.0 Å². The molecular formula is C19H27N3O2S. The predicted molar refractivity (Wildman–Crippen MR) is 97.7 cm³/mol. The van der Waals surface area contributed by atoms with Gasteiger partial charge in [0.25, 0.3) is 0 Å². The maximum atomic E-state index is 12.9. The Hall–Kier alpha value is -1.42. The van der Waals surface area contributed by atoms with Gasteiger partial charge in [-0.05, 0) is 43.4 Å². The van der Waals surface area contributed by atoms with Crippen molar-refractivity contribution < 1.29 is 8.42 Å². The van der Waals surface area contributed by atoms with E-state index in [1.807, 2.05) is 24.0 Å². The highest BCUT2D eigenvalue weighted by Crippen LogP contribution is 2.33. The summed E-state index contributed by atoms with van der Waals surface area (Å²) in [6, 6.07) is 9.58. The number of sulfonamides is 1. The summed E-state index contributed by atoms with van der Waals surface area (Å²) in [5.41, 5.74) is 1.27. The first kappa shape index (κ1) is 18.4. The van der Waals surface area contributed by atoms with Crippen LogP contribution in [0.15, 0.2) is 29.2 Å². The van der Waals surface area contributed by atoms with Crippen molar-refractivity contribution in [3.63, 3.8) is 0 Å². The van der Waals surface area contributed by atoms with E-state index in [1.54, 1.807) is 16.4 Å². The quantitative estimate of drug-likeness (QED) is 0.827. The van der Waals surface area contributed by atoms with E-state index in [0.29, 0.717) is 37.0 Å². The molecule has 1 aromatic carbocycles. The Balaban J connectivity index is 1.67. The summed E-state index contributed by atoms with van der Waals surface area (Å²) in [4.78, 5) is 2.41. The molecule has 2 aliphatic rings. The van der Waals surface area contributed by atoms with Crippen LogP contribution in [0.5, 0.6) is 0 Å². The van der Waals surface area contributed by atoms with Crippen LogP contribution < -0.4 is 0 Å². The van der Waals surface area contributed by atoms with E-state index < -0.39 is 10.0 Å². The molecule has 1 aromatic rings. The lowest BCUT2D eigenvalue weighted by atomic mass is 9.84. The molecule has 1 atom stereocenters. The van der Waals surface area contributed by atoms with Crippen molar-refractivity contribution >= 4 is 10.0 Å². The Morgan fingerprint density at radius 3 is 2.20 bits per heavy atom. The van der Waals surface area contributed by atoms with Gasteiger partial charge in [-0.25, -0.2) is 8.42 Å². The van der Waals surface area contributed by atoms with Crippen LogP contribution in [-0.4, -0.2) is 49.8 Å². The molecule has 1 saturated carbocycles. The van der Waals surface area contributed by atoms with Crippen molar-refractivity contribution in [1.29, 1.82) is 5.26 Å². The molecule has 3 rings (SSSR count). The van der Waals surface area contributed by atoms with Crippen LogP contribution in [0.4, 0.5) is 0 Å². The summed E-state index contributed by atoms with van der Waals surface area (Å²) in [6.45, 7) is 3.95. The second-order valence-electron chi connectivity index (χ2n) is 7.15. The van der Waals surface area contributed by atoms with Gasteiger partial charge in [-0.1, -0.05) is 31.4 Å². The summed E-state index contributed by atoms with van der Waals surface area (Å²) in [5, 5.41) is 9.00. The van der Waals surface area contributed by atoms with Gasteiger partial charge in [-0.2, -0.15) is 9.57 Å². The van der Waals surface area contributed by atoms with Gasteiger partial charge in [0.15, 0.2) is 0 Å². The minimum atomic E-state index is -3.44. The molecule has 1 aliphatic heterocycles. The molecule has 25 heavy (non-hydrogen) atoms. The third-order valence-corrected chi connectivity index (χ3v) is 7.52. The average Bonchev–Trinajstić information content (AvgIpc) is 2.68. The zero-order chi connectivity index (χ0) is 17.9. The fraction of sp³-hybridized carbons (Fsp3) is 0.632. The molecule has 1 saturated heterocycles. The molecule has 0 spiro atoms. The lowest BCUT2D eigenvalue weighted by Gasteiger charge is -2.35. The second-order valence-corrected chi connectivity index (χ2v) is 9.09. The molecule has 0 amide bonds. The maximum Gasteiger partial charge on any atom is 0.243 e. The largest absolute Gasteiger partial charge is 0.286 e. The highest BCUT2D eigenvalue weighted by atomic mass is 32.2. The average molecular weight is 362 g/mol. The van der Waals surface area contributed by atoms with Gasteiger partial charge in [0, 0.05) is 26.2 Å². The molecule has 5 nitrogen and oxygen atoms in total. The topological polar surface area (TPSA) is 64.4 Å². The lowest BCUT2D eigenvalue weighted by Crippen LogP contribution is -2.50. The Morgan fingerprint density at radius 2 is 1.64 bits per heavy atom. The summed E-state index contributed by atoms with van der Waals surface area (Å²) in [7, 11) is -3.44. The molecule has 0 radical (unpaired) electrons. The van der Waals surface area contributed by atoms with Crippen LogP contribution in [0, 0.1) is 11.3 Å². The normalized spacial score (nSPS) is 22.4. The van der Waals surface area contributed by atoms with Crippen molar-refractivity contribution in [3.05, 3.63) is 29.8 Å². The molecule has 1 heterocycles. The standard InChI is InChI=1S/C19H27N3O2S/c1-16(15-20)21-11-13-22(14-12-21)25(23,24)19-9-7-18(8-10-19)17-5-3-2-4-6-17/h7-10,16-17H,2-6,11-14H2,1H3/t16-/m1/s1. The first-order valence-electron chi connectivity index (χ1n) is 9.26. The zero-order valence-corrected chi connectivity index (χ0v) is 15.7. The van der Waals surface area contributed by atoms with E-state index in [4.69, 9.17) is 5.26 Å². The molecule has 0 unspecified atom stereocenters. The van der Waals surface area contributed by atoms with Crippen molar-refractivity contribution in [1.82, 2.24) is 9.21 Å². The minimum absolute atomic E-state index is 0.167. The van der Waals surface area contributed by atoms with E-state index >= 15 is 0 Å². The van der Waals surface area contributed by atoms with E-state index in [-0.39, 0.29) is 6.04 Å².